The van der Waals surface area contributed by atoms with Crippen molar-refractivity contribution in [3.63, 3.8) is 0 Å². The minimum absolute atomic E-state index is 0.00711. The van der Waals surface area contributed by atoms with Crippen molar-refractivity contribution >= 4 is 5.91 Å². The molecule has 0 saturated heterocycles. The number of pyridine rings is 1. The zero-order chi connectivity index (χ0) is 9.68. The zero-order valence-electron chi connectivity index (χ0n) is 7.24. The number of carbonyl (C=O) groups excluding carboxylic acids is 1. The molecule has 4 nitrogen and oxygen atoms in total. The number of hydrogen-bond donors (Lipinski definition) is 1. The van der Waals surface area contributed by atoms with Crippen LogP contribution in [-0.4, -0.2) is 17.6 Å². The van der Waals surface area contributed by atoms with Gasteiger partial charge in [-0.05, 0) is 18.6 Å². The first-order chi connectivity index (χ1) is 6.25. The summed E-state index contributed by atoms with van der Waals surface area (Å²) in [6.45, 7) is 8.34. The Morgan fingerprint density at radius 3 is 3.15 bits per heavy atom. The molecule has 1 rings (SSSR count). The second kappa shape index (κ2) is 4.21. The lowest BCUT2D eigenvalue weighted by atomic mass is 10.1. The van der Waals surface area contributed by atoms with E-state index in [1.54, 1.807) is 12.3 Å². The number of hydrogen-bond acceptors (Lipinski definition) is 2. The minimum Gasteiger partial charge on any atom is -0.293 e. The molecule has 0 bridgehead atoms. The van der Waals surface area contributed by atoms with Crippen molar-refractivity contribution in [1.29, 1.82) is 0 Å². The van der Waals surface area contributed by atoms with Gasteiger partial charge in [-0.3, -0.25) is 19.9 Å². The van der Waals surface area contributed by atoms with E-state index in [4.69, 9.17) is 6.57 Å². The normalized spacial score (nSPS) is 8.92. The Morgan fingerprint density at radius 2 is 2.54 bits per heavy atom. The van der Waals surface area contributed by atoms with Gasteiger partial charge in [0.25, 0.3) is 12.6 Å². The lowest BCUT2D eigenvalue weighted by Crippen LogP contribution is -2.23. The summed E-state index contributed by atoms with van der Waals surface area (Å²) in [6, 6.07) is 1.76. The molecule has 0 atom stereocenters. The second-order valence-electron chi connectivity index (χ2n) is 2.51. The van der Waals surface area contributed by atoms with Crippen LogP contribution < -0.4 is 5.32 Å². The fourth-order valence-corrected chi connectivity index (χ4v) is 0.908. The summed E-state index contributed by atoms with van der Waals surface area (Å²) in [5.41, 5.74) is 1.38. The molecule has 0 fully saturated rings. The maximum absolute atomic E-state index is 11.3. The molecule has 1 N–H and O–H groups in total. The highest BCUT2D eigenvalue weighted by molar-refractivity contribution is 5.95. The lowest BCUT2D eigenvalue weighted by molar-refractivity contribution is 0.0957. The molecule has 0 spiro atoms. The van der Waals surface area contributed by atoms with Crippen molar-refractivity contribution in [2.45, 2.75) is 6.92 Å². The van der Waals surface area contributed by atoms with Gasteiger partial charge in [0.15, 0.2) is 0 Å². The molecule has 0 aliphatic rings. The van der Waals surface area contributed by atoms with Crippen LogP contribution in [0.15, 0.2) is 18.5 Å². The summed E-state index contributed by atoms with van der Waals surface area (Å²) in [7, 11) is 0. The fraction of sp³-hybridized carbons (Fsp3) is 0.222. The predicted octanol–water partition coefficient (Wildman–Crippen LogP) is 0.997. The van der Waals surface area contributed by atoms with E-state index in [1.807, 2.05) is 6.92 Å². The number of aromatic nitrogens is 1. The van der Waals surface area contributed by atoms with E-state index >= 15 is 0 Å². The molecule has 0 aliphatic heterocycles. The van der Waals surface area contributed by atoms with Gasteiger partial charge in [0.05, 0.1) is 5.56 Å². The van der Waals surface area contributed by atoms with Crippen LogP contribution in [0, 0.1) is 13.5 Å². The number of nitrogens with one attached hydrogen (secondary N) is 1. The molecule has 0 radical (unpaired) electrons. The molecule has 1 aromatic rings. The lowest BCUT2D eigenvalue weighted by Gasteiger charge is -2.01. The van der Waals surface area contributed by atoms with Crippen LogP contribution >= 0.6 is 0 Å². The molecule has 0 unspecified atom stereocenters. The zero-order valence-corrected chi connectivity index (χ0v) is 7.24. The molecule has 0 saturated carbocycles. The highest BCUT2D eigenvalue weighted by atomic mass is 16.1. The number of rotatable bonds is 2. The van der Waals surface area contributed by atoms with Crippen molar-refractivity contribution in [2.24, 2.45) is 0 Å². The van der Waals surface area contributed by atoms with E-state index in [1.165, 1.54) is 6.20 Å². The Morgan fingerprint density at radius 1 is 1.77 bits per heavy atom. The molecule has 0 aliphatic carbocycles. The average Bonchev–Trinajstić information content (AvgIpc) is 2.15. The predicted molar refractivity (Wildman–Crippen MR) is 47.9 cm³/mol. The molecule has 66 valence electrons. The largest absolute Gasteiger partial charge is 0.293 e. The molecule has 1 amide bonds. The van der Waals surface area contributed by atoms with Crippen molar-refractivity contribution in [3.8, 4) is 0 Å². The smallest absolute Gasteiger partial charge is 0.289 e. The third-order valence-electron chi connectivity index (χ3n) is 1.60. The van der Waals surface area contributed by atoms with Gasteiger partial charge in [-0.2, -0.15) is 0 Å². The Labute approximate surface area is 76.4 Å². The maximum atomic E-state index is 11.3. The summed E-state index contributed by atoms with van der Waals surface area (Å²) in [4.78, 5) is 18.2. The van der Waals surface area contributed by atoms with E-state index in [0.29, 0.717) is 5.56 Å². The van der Waals surface area contributed by atoms with Gasteiger partial charge in [-0.15, -0.1) is 0 Å². The summed E-state index contributed by atoms with van der Waals surface area (Å²) in [6.07, 6.45) is 3.12. The Bertz CT molecular complexity index is 354. The summed E-state index contributed by atoms with van der Waals surface area (Å²) in [5.74, 6) is -0.249. The van der Waals surface area contributed by atoms with E-state index in [0.717, 1.165) is 5.56 Å². The fourth-order valence-electron chi connectivity index (χ4n) is 0.908. The Balaban J connectivity index is 2.78. The molecule has 1 heterocycles. The van der Waals surface area contributed by atoms with Crippen LogP contribution in [0.25, 0.3) is 4.85 Å². The van der Waals surface area contributed by atoms with Gasteiger partial charge in [0.1, 0.15) is 0 Å². The van der Waals surface area contributed by atoms with Crippen LogP contribution in [0.4, 0.5) is 0 Å². The van der Waals surface area contributed by atoms with E-state index < -0.39 is 0 Å². The molecule has 4 heteroatoms. The van der Waals surface area contributed by atoms with E-state index in [9.17, 15) is 4.79 Å². The highest BCUT2D eigenvalue weighted by Crippen LogP contribution is 2.03. The van der Waals surface area contributed by atoms with Crippen LogP contribution in [0.5, 0.6) is 0 Å². The first-order valence-electron chi connectivity index (χ1n) is 3.77. The van der Waals surface area contributed by atoms with Crippen LogP contribution in [0.2, 0.25) is 0 Å². The number of amides is 1. The molecule has 1 aromatic heterocycles. The molecular weight excluding hydrogens is 166 g/mol. The van der Waals surface area contributed by atoms with Gasteiger partial charge in [0.2, 0.25) is 0 Å². The second-order valence-corrected chi connectivity index (χ2v) is 2.51. The summed E-state index contributed by atoms with van der Waals surface area (Å²) in [5, 5.41) is 2.46. The van der Waals surface area contributed by atoms with Crippen LogP contribution in [-0.2, 0) is 0 Å². The first kappa shape index (κ1) is 9.20. The number of carbonyl (C=O) groups is 1. The van der Waals surface area contributed by atoms with Crippen molar-refractivity contribution in [1.82, 2.24) is 10.3 Å². The van der Waals surface area contributed by atoms with Gasteiger partial charge >= 0.3 is 0 Å². The first-order valence-corrected chi connectivity index (χ1v) is 3.77. The summed E-state index contributed by atoms with van der Waals surface area (Å²) < 4.78 is 0. The topological polar surface area (TPSA) is 46.4 Å². The Kier molecular flexibility index (Phi) is 2.98. The molecular formula is C9H9N3O. The molecule has 0 aromatic carbocycles. The third-order valence-corrected chi connectivity index (χ3v) is 1.60. The quantitative estimate of drug-likeness (QED) is 0.681. The van der Waals surface area contributed by atoms with Gasteiger partial charge < -0.3 is 0 Å². The monoisotopic (exact) mass is 175 g/mol. The third kappa shape index (κ3) is 2.27. The van der Waals surface area contributed by atoms with E-state index in [-0.39, 0.29) is 12.6 Å². The van der Waals surface area contributed by atoms with E-state index in [2.05, 4.69) is 15.1 Å². The maximum Gasteiger partial charge on any atom is 0.289 e. The van der Waals surface area contributed by atoms with Crippen LogP contribution in [0.3, 0.4) is 0 Å². The summed E-state index contributed by atoms with van der Waals surface area (Å²) >= 11 is 0. The standard InChI is InChI=1S/C9H9N3O/c1-7-3-4-11-5-8(7)9(13)12-6-10-2/h3-5H,6H2,1H3,(H,12,13). The number of nitrogens with zero attached hydrogens (tertiary/aromatic N) is 2. The van der Waals surface area contributed by atoms with Gasteiger partial charge in [-0.1, -0.05) is 0 Å². The van der Waals surface area contributed by atoms with Crippen LogP contribution in [0.1, 0.15) is 15.9 Å². The minimum atomic E-state index is -0.249. The van der Waals surface area contributed by atoms with Crippen molar-refractivity contribution in [3.05, 3.63) is 41.0 Å². The average molecular weight is 175 g/mol. The van der Waals surface area contributed by atoms with Gasteiger partial charge in [0, 0.05) is 12.4 Å². The SMILES string of the molecule is [C-]#[N+]CNC(=O)c1cnccc1C. The highest BCUT2D eigenvalue weighted by Gasteiger charge is 2.07. The van der Waals surface area contributed by atoms with Crippen molar-refractivity contribution < 1.29 is 4.79 Å². The van der Waals surface area contributed by atoms with Gasteiger partial charge in [-0.25, -0.2) is 6.57 Å². The number of aryl methyl sites for hydroxylation is 1. The van der Waals surface area contributed by atoms with Crippen molar-refractivity contribution in [2.75, 3.05) is 6.67 Å². The molecule has 13 heavy (non-hydrogen) atoms. The Hall–Kier alpha value is -1.89.